The van der Waals surface area contributed by atoms with E-state index in [1.165, 1.54) is 12.1 Å². The Hall–Kier alpha value is -3.29. The molecule has 4 rings (SSSR count). The molecular weight excluding hydrogens is 409 g/mol. The van der Waals surface area contributed by atoms with Gasteiger partial charge in [-0.3, -0.25) is 19.3 Å². The van der Waals surface area contributed by atoms with Crippen LogP contribution in [0.25, 0.3) is 10.9 Å². The number of piperidine rings is 1. The minimum absolute atomic E-state index is 0.0496. The van der Waals surface area contributed by atoms with Crippen LogP contribution in [-0.2, 0) is 4.79 Å². The number of halogens is 1. The Morgan fingerprint density at radius 3 is 2.72 bits per heavy atom. The first kappa shape index (κ1) is 21.9. The van der Waals surface area contributed by atoms with Crippen molar-refractivity contribution in [1.29, 1.82) is 0 Å². The van der Waals surface area contributed by atoms with Crippen LogP contribution in [0.15, 0.2) is 30.3 Å². The molecule has 0 aliphatic carbocycles. The molecular formula is C24H28FN5O2. The SMILES string of the molecule is Cc1cc(C)n([C@H](C)CC(=O)N2CCC[C@@H](c3nc4ccc(F)cc4cc3C(N)=O)C2)n1. The lowest BCUT2D eigenvalue weighted by atomic mass is 9.90. The van der Waals surface area contributed by atoms with Gasteiger partial charge in [0.25, 0.3) is 5.91 Å². The van der Waals surface area contributed by atoms with Crippen molar-refractivity contribution in [1.82, 2.24) is 19.7 Å². The highest BCUT2D eigenvalue weighted by molar-refractivity contribution is 5.97. The van der Waals surface area contributed by atoms with E-state index in [0.717, 1.165) is 24.2 Å². The summed E-state index contributed by atoms with van der Waals surface area (Å²) in [5.41, 5.74) is 9.07. The van der Waals surface area contributed by atoms with Crippen LogP contribution in [0.2, 0.25) is 0 Å². The van der Waals surface area contributed by atoms with E-state index in [-0.39, 0.29) is 17.9 Å². The predicted molar refractivity (Wildman–Crippen MR) is 120 cm³/mol. The zero-order chi connectivity index (χ0) is 23.0. The topological polar surface area (TPSA) is 94.1 Å². The van der Waals surface area contributed by atoms with Crippen LogP contribution in [-0.4, -0.2) is 44.6 Å². The lowest BCUT2D eigenvalue weighted by Crippen LogP contribution is -2.40. The average Bonchev–Trinajstić information content (AvgIpc) is 3.10. The number of aryl methyl sites for hydroxylation is 2. The summed E-state index contributed by atoms with van der Waals surface area (Å²) in [6.07, 6.45) is 1.96. The fourth-order valence-electron chi connectivity index (χ4n) is 4.66. The normalized spacial score (nSPS) is 17.5. The number of rotatable bonds is 5. The van der Waals surface area contributed by atoms with Gasteiger partial charge in [-0.2, -0.15) is 5.10 Å². The fourth-order valence-corrected chi connectivity index (χ4v) is 4.66. The van der Waals surface area contributed by atoms with Gasteiger partial charge in [-0.25, -0.2) is 4.39 Å². The predicted octanol–water partition coefficient (Wildman–Crippen LogP) is 3.64. The summed E-state index contributed by atoms with van der Waals surface area (Å²) >= 11 is 0. The molecule has 32 heavy (non-hydrogen) atoms. The molecule has 0 radical (unpaired) electrons. The van der Waals surface area contributed by atoms with Crippen molar-refractivity contribution < 1.29 is 14.0 Å². The van der Waals surface area contributed by atoms with Crippen LogP contribution in [0.5, 0.6) is 0 Å². The van der Waals surface area contributed by atoms with Gasteiger partial charge in [0.05, 0.1) is 28.5 Å². The summed E-state index contributed by atoms with van der Waals surface area (Å²) in [6.45, 7) is 7.07. The Balaban J connectivity index is 1.56. The van der Waals surface area contributed by atoms with Gasteiger partial charge in [-0.1, -0.05) is 0 Å². The summed E-state index contributed by atoms with van der Waals surface area (Å²) in [6, 6.07) is 7.85. The number of pyridine rings is 1. The second-order valence-electron chi connectivity index (χ2n) is 8.73. The molecule has 3 aromatic rings. The van der Waals surface area contributed by atoms with E-state index >= 15 is 0 Å². The van der Waals surface area contributed by atoms with Crippen molar-refractivity contribution in [2.45, 2.75) is 52.0 Å². The standard InChI is InChI=1S/C24H28FN5O2/c1-14-9-15(2)30(28-14)16(3)10-22(31)29-8-4-5-17(13-29)23-20(24(26)32)12-18-11-19(25)6-7-21(18)27-23/h6-7,9,11-12,16-17H,4-5,8,10,13H2,1-3H3,(H2,26,32)/t16-,17-/m1/s1. The van der Waals surface area contributed by atoms with Crippen molar-refractivity contribution >= 4 is 22.7 Å². The molecule has 168 valence electrons. The van der Waals surface area contributed by atoms with Gasteiger partial charge in [0.1, 0.15) is 5.82 Å². The third-order valence-corrected chi connectivity index (χ3v) is 6.16. The second-order valence-corrected chi connectivity index (χ2v) is 8.73. The largest absolute Gasteiger partial charge is 0.366 e. The molecule has 2 amide bonds. The number of fused-ring (bicyclic) bond motifs is 1. The number of hydrogen-bond donors (Lipinski definition) is 1. The van der Waals surface area contributed by atoms with Gasteiger partial charge in [0, 0.05) is 36.5 Å². The number of primary amides is 1. The third kappa shape index (κ3) is 4.35. The maximum absolute atomic E-state index is 13.6. The van der Waals surface area contributed by atoms with Crippen molar-refractivity contribution in [3.05, 3.63) is 58.8 Å². The fraction of sp³-hybridized carbons (Fsp3) is 0.417. The summed E-state index contributed by atoms with van der Waals surface area (Å²) < 4.78 is 15.5. The van der Waals surface area contributed by atoms with Gasteiger partial charge in [0.2, 0.25) is 5.91 Å². The molecule has 8 heteroatoms. The molecule has 7 nitrogen and oxygen atoms in total. The third-order valence-electron chi connectivity index (χ3n) is 6.16. The summed E-state index contributed by atoms with van der Waals surface area (Å²) in [5, 5.41) is 5.03. The quantitative estimate of drug-likeness (QED) is 0.659. The lowest BCUT2D eigenvalue weighted by molar-refractivity contribution is -0.133. The highest BCUT2D eigenvalue weighted by atomic mass is 19.1. The first-order valence-corrected chi connectivity index (χ1v) is 10.9. The molecule has 3 heterocycles. The lowest BCUT2D eigenvalue weighted by Gasteiger charge is -2.34. The van der Waals surface area contributed by atoms with Crippen molar-refractivity contribution in [3.8, 4) is 0 Å². The summed E-state index contributed by atoms with van der Waals surface area (Å²) in [5.74, 6) is -1.04. The van der Waals surface area contributed by atoms with E-state index < -0.39 is 11.7 Å². The number of benzene rings is 1. The number of carbonyl (C=O) groups is 2. The average molecular weight is 438 g/mol. The molecule has 1 aliphatic rings. The molecule has 1 aromatic carbocycles. The Morgan fingerprint density at radius 2 is 2.03 bits per heavy atom. The molecule has 2 N–H and O–H groups in total. The molecule has 1 saturated heterocycles. The van der Waals surface area contributed by atoms with E-state index in [2.05, 4.69) is 10.1 Å². The van der Waals surface area contributed by atoms with Crippen LogP contribution in [0, 0.1) is 19.7 Å². The number of hydrogen-bond acceptors (Lipinski definition) is 4. The van der Waals surface area contributed by atoms with E-state index in [1.807, 2.05) is 36.4 Å². The maximum atomic E-state index is 13.6. The molecule has 0 spiro atoms. The minimum atomic E-state index is -0.597. The molecule has 0 bridgehead atoms. The number of amides is 2. The smallest absolute Gasteiger partial charge is 0.250 e. The number of likely N-dealkylation sites (tertiary alicyclic amines) is 1. The first-order chi connectivity index (χ1) is 15.2. The number of carbonyl (C=O) groups excluding carboxylic acids is 2. The van der Waals surface area contributed by atoms with Gasteiger partial charge in [0.15, 0.2) is 0 Å². The number of nitrogens with two attached hydrogens (primary N) is 1. The molecule has 1 fully saturated rings. The molecule has 2 aromatic heterocycles. The molecule has 0 saturated carbocycles. The highest BCUT2D eigenvalue weighted by Gasteiger charge is 2.29. The van der Waals surface area contributed by atoms with Crippen LogP contribution >= 0.6 is 0 Å². The minimum Gasteiger partial charge on any atom is -0.366 e. The van der Waals surface area contributed by atoms with E-state index in [1.54, 1.807) is 12.1 Å². The maximum Gasteiger partial charge on any atom is 0.250 e. The molecule has 2 atom stereocenters. The van der Waals surface area contributed by atoms with E-state index in [9.17, 15) is 14.0 Å². The van der Waals surface area contributed by atoms with Crippen molar-refractivity contribution in [3.63, 3.8) is 0 Å². The summed E-state index contributed by atoms with van der Waals surface area (Å²) in [7, 11) is 0. The van der Waals surface area contributed by atoms with Crippen molar-refractivity contribution in [2.75, 3.05) is 13.1 Å². The number of nitrogens with zero attached hydrogens (tertiary/aromatic N) is 4. The Labute approximate surface area is 186 Å². The Morgan fingerprint density at radius 1 is 1.25 bits per heavy atom. The number of aromatic nitrogens is 3. The summed E-state index contributed by atoms with van der Waals surface area (Å²) in [4.78, 5) is 31.7. The first-order valence-electron chi connectivity index (χ1n) is 10.9. The van der Waals surface area contributed by atoms with Crippen LogP contribution in [0.3, 0.4) is 0 Å². The zero-order valence-electron chi connectivity index (χ0n) is 18.6. The Kier molecular flexibility index (Phi) is 5.95. The van der Waals surface area contributed by atoms with Gasteiger partial charge in [-0.15, -0.1) is 0 Å². The highest BCUT2D eigenvalue weighted by Crippen LogP contribution is 2.31. The van der Waals surface area contributed by atoms with Crippen LogP contribution in [0.4, 0.5) is 4.39 Å². The molecule has 1 aliphatic heterocycles. The van der Waals surface area contributed by atoms with Gasteiger partial charge >= 0.3 is 0 Å². The van der Waals surface area contributed by atoms with Crippen LogP contribution in [0.1, 0.15) is 65.6 Å². The van der Waals surface area contributed by atoms with E-state index in [4.69, 9.17) is 5.73 Å². The second kappa shape index (κ2) is 8.68. The zero-order valence-corrected chi connectivity index (χ0v) is 18.6. The van der Waals surface area contributed by atoms with Crippen molar-refractivity contribution in [2.24, 2.45) is 5.73 Å². The molecule has 0 unspecified atom stereocenters. The van der Waals surface area contributed by atoms with Gasteiger partial charge < -0.3 is 10.6 Å². The van der Waals surface area contributed by atoms with Gasteiger partial charge in [-0.05, 0) is 63.9 Å². The van der Waals surface area contributed by atoms with Crippen LogP contribution < -0.4 is 5.73 Å². The Bertz CT molecular complexity index is 1190. The van der Waals surface area contributed by atoms with E-state index in [0.29, 0.717) is 41.7 Å². The monoisotopic (exact) mass is 437 g/mol.